The highest BCUT2D eigenvalue weighted by Gasteiger charge is 2.23. The number of fused-ring (bicyclic) bond motifs is 1. The predicted molar refractivity (Wildman–Crippen MR) is 130 cm³/mol. The van der Waals surface area contributed by atoms with Crippen molar-refractivity contribution in [3.63, 3.8) is 0 Å². The van der Waals surface area contributed by atoms with Gasteiger partial charge >= 0.3 is 0 Å². The van der Waals surface area contributed by atoms with Crippen LogP contribution in [0.15, 0.2) is 66.7 Å². The molecule has 0 aromatic heterocycles. The van der Waals surface area contributed by atoms with Crippen molar-refractivity contribution in [1.29, 1.82) is 0 Å². The average molecular weight is 411 g/mol. The summed E-state index contributed by atoms with van der Waals surface area (Å²) in [7, 11) is 0. The topological polar surface area (TPSA) is 0 Å². The molecule has 0 atom stereocenters. The second-order valence-electron chi connectivity index (χ2n) is 8.92. The van der Waals surface area contributed by atoms with Crippen LogP contribution in [-0.4, -0.2) is 0 Å². The number of aryl methyl sites for hydroxylation is 1. The second kappa shape index (κ2) is 9.97. The summed E-state index contributed by atoms with van der Waals surface area (Å²) in [5, 5.41) is 1.64. The normalized spacial score (nSPS) is 18.8. The van der Waals surface area contributed by atoms with Crippen LogP contribution in [0.3, 0.4) is 0 Å². The standard InChI is InChI=1S/C30H31F/c1-3-4-5-6-23-9-11-24(12-10-23)13-14-25-15-19-29-27(21-25)18-20-28(30(29)31)26-16-7-22(2)8-17-26/h3-4,9-12,15,18-22,26H,5-8,16-17H2,1-2H3/b4-3+. The van der Waals surface area contributed by atoms with Crippen LogP contribution in [-0.2, 0) is 6.42 Å². The van der Waals surface area contributed by atoms with Gasteiger partial charge in [0.2, 0.25) is 0 Å². The summed E-state index contributed by atoms with van der Waals surface area (Å²) >= 11 is 0. The van der Waals surface area contributed by atoms with Crippen LogP contribution in [0, 0.1) is 23.6 Å². The van der Waals surface area contributed by atoms with Crippen LogP contribution in [0.4, 0.5) is 4.39 Å². The van der Waals surface area contributed by atoms with Gasteiger partial charge in [0.05, 0.1) is 0 Å². The highest BCUT2D eigenvalue weighted by Crippen LogP contribution is 2.38. The minimum absolute atomic E-state index is 0.0370. The van der Waals surface area contributed by atoms with Gasteiger partial charge in [0.1, 0.15) is 5.82 Å². The molecule has 158 valence electrons. The van der Waals surface area contributed by atoms with Gasteiger partial charge in [-0.15, -0.1) is 0 Å². The first kappa shape index (κ1) is 21.4. The predicted octanol–water partition coefficient (Wildman–Crippen LogP) is 8.18. The molecule has 1 aliphatic rings. The zero-order valence-electron chi connectivity index (χ0n) is 18.6. The van der Waals surface area contributed by atoms with Gasteiger partial charge in [-0.05, 0) is 85.2 Å². The highest BCUT2D eigenvalue weighted by molar-refractivity contribution is 5.85. The third kappa shape index (κ3) is 5.26. The zero-order chi connectivity index (χ0) is 21.6. The Kier molecular flexibility index (Phi) is 6.88. The average Bonchev–Trinajstić information content (AvgIpc) is 2.80. The quantitative estimate of drug-likeness (QED) is 0.300. The highest BCUT2D eigenvalue weighted by atomic mass is 19.1. The van der Waals surface area contributed by atoms with E-state index in [-0.39, 0.29) is 5.82 Å². The number of allylic oxidation sites excluding steroid dienone is 2. The van der Waals surface area contributed by atoms with E-state index in [0.717, 1.165) is 53.7 Å². The molecular weight excluding hydrogens is 379 g/mol. The van der Waals surface area contributed by atoms with Crippen molar-refractivity contribution in [2.45, 2.75) is 58.3 Å². The molecule has 3 aromatic carbocycles. The molecule has 0 N–H and O–H groups in total. The van der Waals surface area contributed by atoms with Gasteiger partial charge in [-0.2, -0.15) is 0 Å². The van der Waals surface area contributed by atoms with E-state index < -0.39 is 0 Å². The Bertz CT molecular complexity index is 1120. The van der Waals surface area contributed by atoms with E-state index in [1.54, 1.807) is 0 Å². The molecule has 1 heteroatoms. The molecule has 0 amide bonds. The first-order chi connectivity index (χ1) is 15.1. The van der Waals surface area contributed by atoms with Gasteiger partial charge in [0.15, 0.2) is 0 Å². The summed E-state index contributed by atoms with van der Waals surface area (Å²) in [6, 6.07) is 18.4. The van der Waals surface area contributed by atoms with Gasteiger partial charge in [-0.1, -0.05) is 74.1 Å². The molecule has 31 heavy (non-hydrogen) atoms. The van der Waals surface area contributed by atoms with Crippen molar-refractivity contribution in [3.8, 4) is 11.8 Å². The van der Waals surface area contributed by atoms with Crippen LogP contribution in [0.1, 0.15) is 74.1 Å². The number of halogens is 1. The molecular formula is C30H31F. The fourth-order valence-corrected chi connectivity index (χ4v) is 4.59. The van der Waals surface area contributed by atoms with Gasteiger partial charge < -0.3 is 0 Å². The van der Waals surface area contributed by atoms with E-state index in [9.17, 15) is 0 Å². The largest absolute Gasteiger partial charge is 0.206 e. The molecule has 1 saturated carbocycles. The molecule has 0 unspecified atom stereocenters. The van der Waals surface area contributed by atoms with E-state index in [4.69, 9.17) is 0 Å². The Morgan fingerprint density at radius 2 is 1.61 bits per heavy atom. The van der Waals surface area contributed by atoms with E-state index in [1.807, 2.05) is 24.3 Å². The van der Waals surface area contributed by atoms with E-state index in [2.05, 4.69) is 68.2 Å². The first-order valence-electron chi connectivity index (χ1n) is 11.6. The smallest absolute Gasteiger partial charge is 0.134 e. The second-order valence-corrected chi connectivity index (χ2v) is 8.92. The Balaban J connectivity index is 1.51. The van der Waals surface area contributed by atoms with Gasteiger partial charge in [-0.3, -0.25) is 0 Å². The maximum absolute atomic E-state index is 15.2. The summed E-state index contributed by atoms with van der Waals surface area (Å²) in [4.78, 5) is 0. The molecule has 0 heterocycles. The summed E-state index contributed by atoms with van der Waals surface area (Å²) < 4.78 is 15.2. The Morgan fingerprint density at radius 3 is 2.35 bits per heavy atom. The van der Waals surface area contributed by atoms with Gasteiger partial charge in [-0.25, -0.2) is 4.39 Å². The number of hydrogen-bond donors (Lipinski definition) is 0. The van der Waals surface area contributed by atoms with Crippen LogP contribution in [0.2, 0.25) is 0 Å². The van der Waals surface area contributed by atoms with Crippen LogP contribution >= 0.6 is 0 Å². The van der Waals surface area contributed by atoms with Crippen molar-refractivity contribution >= 4 is 10.8 Å². The Hall–Kier alpha value is -2.85. The molecule has 0 radical (unpaired) electrons. The minimum atomic E-state index is -0.0370. The van der Waals surface area contributed by atoms with Crippen LogP contribution in [0.5, 0.6) is 0 Å². The van der Waals surface area contributed by atoms with Gasteiger partial charge in [0.25, 0.3) is 0 Å². The summed E-state index contributed by atoms with van der Waals surface area (Å²) in [6.45, 7) is 4.35. The van der Waals surface area contributed by atoms with Crippen molar-refractivity contribution in [3.05, 3.63) is 94.8 Å². The Morgan fingerprint density at radius 1 is 0.903 bits per heavy atom. The molecule has 1 aliphatic carbocycles. The van der Waals surface area contributed by atoms with E-state index in [0.29, 0.717) is 11.3 Å². The molecule has 0 bridgehead atoms. The Labute approximate surface area is 186 Å². The lowest BCUT2D eigenvalue weighted by Crippen LogP contribution is -2.12. The van der Waals surface area contributed by atoms with Crippen molar-refractivity contribution in [2.75, 3.05) is 0 Å². The number of hydrogen-bond acceptors (Lipinski definition) is 0. The lowest BCUT2D eigenvalue weighted by molar-refractivity contribution is 0.343. The molecule has 0 spiro atoms. The fraction of sp³-hybridized carbons (Fsp3) is 0.333. The third-order valence-electron chi connectivity index (χ3n) is 6.58. The zero-order valence-corrected chi connectivity index (χ0v) is 18.6. The fourth-order valence-electron chi connectivity index (χ4n) is 4.59. The molecule has 1 fully saturated rings. The maximum Gasteiger partial charge on any atom is 0.134 e. The molecule has 0 aliphatic heterocycles. The minimum Gasteiger partial charge on any atom is -0.206 e. The maximum atomic E-state index is 15.2. The van der Waals surface area contributed by atoms with E-state index >= 15 is 4.39 Å². The molecule has 0 saturated heterocycles. The van der Waals surface area contributed by atoms with Gasteiger partial charge in [0, 0.05) is 16.5 Å². The van der Waals surface area contributed by atoms with Crippen molar-refractivity contribution < 1.29 is 4.39 Å². The molecule has 4 rings (SSSR count). The third-order valence-corrected chi connectivity index (χ3v) is 6.58. The monoisotopic (exact) mass is 410 g/mol. The lowest BCUT2D eigenvalue weighted by atomic mass is 9.79. The number of rotatable bonds is 4. The summed E-state index contributed by atoms with van der Waals surface area (Å²) in [6.07, 6.45) is 11.0. The SMILES string of the molecule is C/C=C/CCc1ccc(C#Cc2ccc3c(F)c(C4CCC(C)CC4)ccc3c2)cc1. The summed E-state index contributed by atoms with van der Waals surface area (Å²) in [5.74, 6) is 7.59. The number of benzene rings is 3. The van der Waals surface area contributed by atoms with Crippen molar-refractivity contribution in [2.24, 2.45) is 5.92 Å². The lowest BCUT2D eigenvalue weighted by Gasteiger charge is -2.27. The first-order valence-corrected chi connectivity index (χ1v) is 11.6. The van der Waals surface area contributed by atoms with E-state index in [1.165, 1.54) is 18.4 Å². The van der Waals surface area contributed by atoms with Crippen LogP contribution in [0.25, 0.3) is 10.8 Å². The molecule has 0 nitrogen and oxygen atoms in total. The summed E-state index contributed by atoms with van der Waals surface area (Å²) in [5.41, 5.74) is 4.15. The molecule has 3 aromatic rings. The van der Waals surface area contributed by atoms with Crippen molar-refractivity contribution in [1.82, 2.24) is 0 Å². The van der Waals surface area contributed by atoms with Crippen LogP contribution < -0.4 is 0 Å².